The summed E-state index contributed by atoms with van der Waals surface area (Å²) in [6, 6.07) is 9.64. The van der Waals surface area contributed by atoms with Crippen LogP contribution in [0.1, 0.15) is 10.6 Å². The summed E-state index contributed by atoms with van der Waals surface area (Å²) in [7, 11) is 3.79. The molecular formula is C12H13N5S. The van der Waals surface area contributed by atoms with Crippen molar-refractivity contribution in [3.63, 3.8) is 0 Å². The number of nitrogens with zero attached hydrogens (tertiary/aromatic N) is 4. The lowest BCUT2D eigenvalue weighted by Crippen LogP contribution is -2.16. The molecule has 5 nitrogen and oxygen atoms in total. The number of aromatic nitrogens is 2. The minimum absolute atomic E-state index is 0.660. The minimum atomic E-state index is 0.660. The van der Waals surface area contributed by atoms with E-state index in [0.717, 1.165) is 15.8 Å². The second-order valence-corrected chi connectivity index (χ2v) is 4.83. The Labute approximate surface area is 110 Å². The molecule has 92 valence electrons. The maximum absolute atomic E-state index is 8.87. The highest BCUT2D eigenvalue weighted by Gasteiger charge is 2.07. The molecule has 0 atom stereocenters. The predicted molar refractivity (Wildman–Crippen MR) is 72.7 cm³/mol. The molecule has 0 aliphatic carbocycles. The van der Waals surface area contributed by atoms with Crippen LogP contribution >= 0.6 is 11.3 Å². The van der Waals surface area contributed by atoms with Crippen LogP contribution in [-0.4, -0.2) is 24.3 Å². The number of nitrogens with one attached hydrogen (secondary N) is 1. The van der Waals surface area contributed by atoms with Crippen LogP contribution in [0.25, 0.3) is 0 Å². The molecule has 0 spiro atoms. The average molecular weight is 259 g/mol. The monoisotopic (exact) mass is 259 g/mol. The van der Waals surface area contributed by atoms with Crippen LogP contribution in [0, 0.1) is 11.3 Å². The van der Waals surface area contributed by atoms with Gasteiger partial charge in [-0.05, 0) is 18.2 Å². The Bertz CT molecular complexity index is 572. The van der Waals surface area contributed by atoms with Gasteiger partial charge in [0.05, 0.1) is 18.2 Å². The van der Waals surface area contributed by atoms with Gasteiger partial charge >= 0.3 is 0 Å². The van der Waals surface area contributed by atoms with Gasteiger partial charge in [-0.3, -0.25) is 0 Å². The van der Waals surface area contributed by atoms with E-state index in [4.69, 9.17) is 5.26 Å². The van der Waals surface area contributed by atoms with Crippen LogP contribution in [0.15, 0.2) is 24.3 Å². The van der Waals surface area contributed by atoms with Gasteiger partial charge in [0.1, 0.15) is 5.01 Å². The molecule has 0 amide bonds. The number of anilines is 2. The average Bonchev–Trinajstić information content (AvgIpc) is 2.86. The lowest BCUT2D eigenvalue weighted by molar-refractivity contribution is 0.881. The fraction of sp³-hybridized carbons (Fsp3) is 0.250. The Kier molecular flexibility index (Phi) is 3.75. The molecule has 0 unspecified atom stereocenters. The molecule has 0 fully saturated rings. The first-order valence-electron chi connectivity index (χ1n) is 5.44. The van der Waals surface area contributed by atoms with Crippen LogP contribution < -0.4 is 10.2 Å². The molecule has 6 heteroatoms. The first kappa shape index (κ1) is 12.3. The molecule has 1 aromatic carbocycles. The van der Waals surface area contributed by atoms with E-state index in [2.05, 4.69) is 21.6 Å². The Hall–Kier alpha value is -2.13. The zero-order valence-corrected chi connectivity index (χ0v) is 11.0. The van der Waals surface area contributed by atoms with E-state index in [9.17, 15) is 0 Å². The quantitative estimate of drug-likeness (QED) is 0.910. The molecular weight excluding hydrogens is 246 g/mol. The molecule has 0 radical (unpaired) electrons. The molecule has 0 saturated heterocycles. The molecule has 0 bridgehead atoms. The predicted octanol–water partition coefficient (Wildman–Crippen LogP) is 2.09. The summed E-state index contributed by atoms with van der Waals surface area (Å²) in [6.45, 7) is 0.675. The molecule has 2 rings (SSSR count). The van der Waals surface area contributed by atoms with E-state index in [1.165, 1.54) is 11.3 Å². The summed E-state index contributed by atoms with van der Waals surface area (Å²) < 4.78 is 0. The second kappa shape index (κ2) is 5.47. The molecule has 1 aromatic heterocycles. The van der Waals surface area contributed by atoms with Crippen LogP contribution in [-0.2, 0) is 6.54 Å². The largest absolute Gasteiger partial charge is 0.368 e. The summed E-state index contributed by atoms with van der Waals surface area (Å²) in [5.41, 5.74) is 1.66. The van der Waals surface area contributed by atoms with E-state index < -0.39 is 0 Å². The smallest absolute Gasteiger partial charge is 0.205 e. The number of hydrogen-bond donors (Lipinski definition) is 1. The first-order valence-corrected chi connectivity index (χ1v) is 6.26. The number of nitriles is 1. The van der Waals surface area contributed by atoms with E-state index in [1.807, 2.05) is 37.2 Å². The Morgan fingerprint density at radius 3 is 2.94 bits per heavy atom. The van der Waals surface area contributed by atoms with Crippen molar-refractivity contribution in [3.05, 3.63) is 34.8 Å². The van der Waals surface area contributed by atoms with Gasteiger partial charge in [-0.1, -0.05) is 17.4 Å². The van der Waals surface area contributed by atoms with Crippen molar-refractivity contribution in [2.75, 3.05) is 24.3 Å². The molecule has 2 aromatic rings. The molecule has 0 aliphatic rings. The van der Waals surface area contributed by atoms with E-state index in [0.29, 0.717) is 12.1 Å². The summed E-state index contributed by atoms with van der Waals surface area (Å²) >= 11 is 1.53. The van der Waals surface area contributed by atoms with Gasteiger partial charge in [0, 0.05) is 19.8 Å². The van der Waals surface area contributed by atoms with Gasteiger partial charge < -0.3 is 10.2 Å². The van der Waals surface area contributed by atoms with Crippen molar-refractivity contribution < 1.29 is 0 Å². The van der Waals surface area contributed by atoms with Gasteiger partial charge in [0.2, 0.25) is 5.13 Å². The maximum atomic E-state index is 8.87. The Balaban J connectivity index is 2.11. The zero-order valence-electron chi connectivity index (χ0n) is 10.2. The fourth-order valence-electron chi connectivity index (χ4n) is 1.53. The molecule has 0 aliphatic heterocycles. The molecule has 1 heterocycles. The first-order chi connectivity index (χ1) is 8.72. The number of hydrogen-bond acceptors (Lipinski definition) is 6. The second-order valence-electron chi connectivity index (χ2n) is 3.77. The Morgan fingerprint density at radius 2 is 2.28 bits per heavy atom. The third-order valence-corrected chi connectivity index (χ3v) is 3.39. The van der Waals surface area contributed by atoms with E-state index in [-0.39, 0.29) is 0 Å². The third-order valence-electron chi connectivity index (χ3n) is 2.47. The highest BCUT2D eigenvalue weighted by molar-refractivity contribution is 7.15. The summed E-state index contributed by atoms with van der Waals surface area (Å²) in [5.74, 6) is 0. The molecule has 0 saturated carbocycles. The topological polar surface area (TPSA) is 64.8 Å². The van der Waals surface area contributed by atoms with Gasteiger partial charge in [0.25, 0.3) is 0 Å². The van der Waals surface area contributed by atoms with Gasteiger partial charge in [-0.25, -0.2) is 0 Å². The van der Waals surface area contributed by atoms with Gasteiger partial charge in [-0.15, -0.1) is 10.2 Å². The summed E-state index contributed by atoms with van der Waals surface area (Å²) in [5, 5.41) is 21.7. The van der Waals surface area contributed by atoms with Crippen molar-refractivity contribution in [2.24, 2.45) is 0 Å². The van der Waals surface area contributed by atoms with Crippen molar-refractivity contribution >= 4 is 22.2 Å². The SMILES string of the molecule is CNc1nnc(CN(C)c2cccc(C#N)c2)s1. The lowest BCUT2D eigenvalue weighted by atomic mass is 10.2. The van der Waals surface area contributed by atoms with Crippen LogP contribution in [0.2, 0.25) is 0 Å². The number of benzene rings is 1. The molecule has 1 N–H and O–H groups in total. The van der Waals surface area contributed by atoms with Crippen molar-refractivity contribution in [1.29, 1.82) is 5.26 Å². The van der Waals surface area contributed by atoms with Gasteiger partial charge in [0.15, 0.2) is 0 Å². The standard InChI is InChI=1S/C12H13N5S/c1-14-12-16-15-11(18-12)8-17(2)10-5-3-4-9(6-10)7-13/h3-6H,8H2,1-2H3,(H,14,16). The van der Waals surface area contributed by atoms with Crippen molar-refractivity contribution in [1.82, 2.24) is 10.2 Å². The fourth-order valence-corrected chi connectivity index (χ4v) is 2.27. The summed E-state index contributed by atoms with van der Waals surface area (Å²) in [6.07, 6.45) is 0. The Morgan fingerprint density at radius 1 is 1.44 bits per heavy atom. The highest BCUT2D eigenvalue weighted by Crippen LogP contribution is 2.20. The van der Waals surface area contributed by atoms with Crippen molar-refractivity contribution in [2.45, 2.75) is 6.54 Å². The van der Waals surface area contributed by atoms with E-state index in [1.54, 1.807) is 6.07 Å². The van der Waals surface area contributed by atoms with Crippen LogP contribution in [0.3, 0.4) is 0 Å². The van der Waals surface area contributed by atoms with E-state index >= 15 is 0 Å². The van der Waals surface area contributed by atoms with Gasteiger partial charge in [-0.2, -0.15) is 5.26 Å². The maximum Gasteiger partial charge on any atom is 0.205 e. The normalized spacial score (nSPS) is 9.83. The minimum Gasteiger partial charge on any atom is -0.368 e. The highest BCUT2D eigenvalue weighted by atomic mass is 32.1. The third kappa shape index (κ3) is 2.76. The summed E-state index contributed by atoms with van der Waals surface area (Å²) in [4.78, 5) is 2.04. The lowest BCUT2D eigenvalue weighted by Gasteiger charge is -2.17. The zero-order chi connectivity index (χ0) is 13.0. The molecule has 18 heavy (non-hydrogen) atoms. The van der Waals surface area contributed by atoms with Crippen LogP contribution in [0.5, 0.6) is 0 Å². The van der Waals surface area contributed by atoms with Crippen molar-refractivity contribution in [3.8, 4) is 6.07 Å². The number of rotatable bonds is 4. The van der Waals surface area contributed by atoms with Crippen LogP contribution in [0.4, 0.5) is 10.8 Å².